The smallest absolute Gasteiger partial charge is 0.276 e. The summed E-state index contributed by atoms with van der Waals surface area (Å²) in [6.07, 6.45) is 2.12. The molecule has 6 nitrogen and oxygen atoms in total. The highest BCUT2D eigenvalue weighted by Gasteiger charge is 2.27. The molecule has 4 rings (SSSR count). The van der Waals surface area contributed by atoms with Crippen LogP contribution in [0.2, 0.25) is 0 Å². The molecule has 1 aliphatic carbocycles. The molecule has 0 spiro atoms. The second-order valence-electron chi connectivity index (χ2n) is 6.98. The fourth-order valence-corrected chi connectivity index (χ4v) is 3.70. The number of benzene rings is 2. The van der Waals surface area contributed by atoms with Crippen LogP contribution < -0.4 is 5.32 Å². The molecule has 1 amide bonds. The Bertz CT molecular complexity index is 1050. The van der Waals surface area contributed by atoms with Crippen molar-refractivity contribution in [3.8, 4) is 5.69 Å². The summed E-state index contributed by atoms with van der Waals surface area (Å²) in [6, 6.07) is 7.99. The molecule has 1 aromatic heterocycles. The second kappa shape index (κ2) is 7.73. The van der Waals surface area contributed by atoms with Crippen LogP contribution in [0.25, 0.3) is 5.69 Å². The molecule has 1 heterocycles. The number of hydrogen-bond acceptors (Lipinski definition) is 4. The van der Waals surface area contributed by atoms with Crippen LogP contribution in [-0.4, -0.2) is 25.9 Å². The molecule has 0 saturated carbocycles. The number of fused-ring (bicyclic) bond motifs is 1. The predicted octanol–water partition coefficient (Wildman–Crippen LogP) is 2.88. The molecule has 0 saturated heterocycles. The molecule has 3 aromatic rings. The number of anilines is 1. The van der Waals surface area contributed by atoms with Crippen molar-refractivity contribution in [2.75, 3.05) is 5.32 Å². The van der Waals surface area contributed by atoms with Crippen molar-refractivity contribution in [3.05, 3.63) is 76.1 Å². The predicted molar refractivity (Wildman–Crippen MR) is 102 cm³/mol. The van der Waals surface area contributed by atoms with Crippen molar-refractivity contribution in [2.24, 2.45) is 0 Å². The summed E-state index contributed by atoms with van der Waals surface area (Å²) in [5.41, 5.74) is 3.47. The van der Waals surface area contributed by atoms with E-state index in [2.05, 4.69) is 10.4 Å². The van der Waals surface area contributed by atoms with Gasteiger partial charge in [0.15, 0.2) is 5.69 Å². The zero-order chi connectivity index (χ0) is 20.5. The highest BCUT2D eigenvalue weighted by atomic mass is 19.1. The minimum atomic E-state index is -0.717. The molecular weight excluding hydrogens is 380 g/mol. The summed E-state index contributed by atoms with van der Waals surface area (Å²) in [4.78, 5) is 12.9. The second-order valence-corrected chi connectivity index (χ2v) is 6.98. The Morgan fingerprint density at radius 1 is 1.00 bits per heavy atom. The fourth-order valence-electron chi connectivity index (χ4n) is 3.70. The lowest BCUT2D eigenvalue weighted by atomic mass is 10.1. The third-order valence-corrected chi connectivity index (χ3v) is 4.91. The van der Waals surface area contributed by atoms with E-state index in [1.165, 1.54) is 16.8 Å². The van der Waals surface area contributed by atoms with E-state index in [9.17, 15) is 23.8 Å². The van der Waals surface area contributed by atoms with Crippen LogP contribution in [0.15, 0.2) is 36.4 Å². The minimum absolute atomic E-state index is 0.196. The van der Waals surface area contributed by atoms with Crippen molar-refractivity contribution in [3.63, 3.8) is 0 Å². The third-order valence-electron chi connectivity index (χ3n) is 4.91. The lowest BCUT2D eigenvalue weighted by Gasteiger charge is -2.09. The number of carbonyl (C=O) groups is 1. The summed E-state index contributed by atoms with van der Waals surface area (Å²) in [7, 11) is 0. The Kier molecular flexibility index (Phi) is 5.12. The first-order valence-electron chi connectivity index (χ1n) is 9.21. The van der Waals surface area contributed by atoms with Crippen LogP contribution in [0.1, 0.15) is 39.3 Å². The molecule has 29 heavy (non-hydrogen) atoms. The van der Waals surface area contributed by atoms with E-state index in [-0.39, 0.29) is 24.6 Å². The van der Waals surface area contributed by atoms with Gasteiger partial charge in [-0.3, -0.25) is 4.79 Å². The zero-order valence-corrected chi connectivity index (χ0v) is 15.5. The first-order chi connectivity index (χ1) is 14.0. The summed E-state index contributed by atoms with van der Waals surface area (Å²) in [5.74, 6) is -1.89. The van der Waals surface area contributed by atoms with Crippen LogP contribution in [0, 0.1) is 11.6 Å². The van der Waals surface area contributed by atoms with E-state index in [4.69, 9.17) is 0 Å². The van der Waals surface area contributed by atoms with E-state index in [0.717, 1.165) is 23.7 Å². The van der Waals surface area contributed by atoms with E-state index < -0.39 is 17.5 Å². The van der Waals surface area contributed by atoms with Crippen LogP contribution >= 0.6 is 0 Å². The summed E-state index contributed by atoms with van der Waals surface area (Å²) in [5, 5.41) is 25.8. The van der Waals surface area contributed by atoms with Gasteiger partial charge in [0, 0.05) is 23.0 Å². The van der Waals surface area contributed by atoms with Gasteiger partial charge in [-0.1, -0.05) is 6.07 Å². The third kappa shape index (κ3) is 3.76. The fraction of sp³-hybridized carbons (Fsp3) is 0.238. The van der Waals surface area contributed by atoms with Gasteiger partial charge in [0.1, 0.15) is 11.6 Å². The highest BCUT2D eigenvalue weighted by Crippen LogP contribution is 2.29. The van der Waals surface area contributed by atoms with E-state index >= 15 is 0 Å². The van der Waals surface area contributed by atoms with Crippen LogP contribution in [0.5, 0.6) is 0 Å². The molecular formula is C21H19F2N3O3. The van der Waals surface area contributed by atoms with Gasteiger partial charge >= 0.3 is 0 Å². The average molecular weight is 399 g/mol. The van der Waals surface area contributed by atoms with Gasteiger partial charge in [-0.2, -0.15) is 5.10 Å². The van der Waals surface area contributed by atoms with Crippen molar-refractivity contribution in [2.45, 2.75) is 32.5 Å². The van der Waals surface area contributed by atoms with Crippen molar-refractivity contribution < 1.29 is 23.8 Å². The number of hydrogen-bond donors (Lipinski definition) is 3. The Hall–Kier alpha value is -3.10. The topological polar surface area (TPSA) is 87.4 Å². The van der Waals surface area contributed by atoms with Gasteiger partial charge < -0.3 is 15.5 Å². The number of carbonyl (C=O) groups excluding carboxylic acids is 1. The monoisotopic (exact) mass is 399 g/mol. The van der Waals surface area contributed by atoms with Crippen molar-refractivity contribution in [1.29, 1.82) is 0 Å². The number of amides is 1. The molecule has 2 aromatic carbocycles. The molecule has 150 valence electrons. The average Bonchev–Trinajstić information content (AvgIpc) is 3.29. The SMILES string of the molecule is O=C(Nc1cc(CO)cc(CO)c1)c1nn(-c2cc(F)cc(F)c2)c2c1CCC2. The Morgan fingerprint density at radius 3 is 2.28 bits per heavy atom. The standard InChI is InChI=1S/C21H19F2N3O3/c22-14-7-15(23)9-17(8-14)26-19-3-1-2-18(19)20(25-26)21(29)24-16-5-12(10-27)4-13(6-16)11-28/h4-9,27-28H,1-3,10-11H2,(H,24,29). The maximum Gasteiger partial charge on any atom is 0.276 e. The highest BCUT2D eigenvalue weighted by molar-refractivity contribution is 6.04. The maximum absolute atomic E-state index is 13.7. The molecule has 0 unspecified atom stereocenters. The number of nitrogens with zero attached hydrogens (tertiary/aromatic N) is 2. The Balaban J connectivity index is 1.70. The molecule has 1 aliphatic rings. The first-order valence-corrected chi connectivity index (χ1v) is 9.21. The van der Waals surface area contributed by atoms with Crippen molar-refractivity contribution in [1.82, 2.24) is 9.78 Å². The summed E-state index contributed by atoms with van der Waals surface area (Å²) >= 11 is 0. The van der Waals surface area contributed by atoms with Crippen LogP contribution in [-0.2, 0) is 26.1 Å². The quantitative estimate of drug-likeness (QED) is 0.616. The largest absolute Gasteiger partial charge is 0.392 e. The molecule has 0 fully saturated rings. The number of aromatic nitrogens is 2. The first kappa shape index (κ1) is 19.2. The molecule has 0 bridgehead atoms. The number of nitrogens with one attached hydrogen (secondary N) is 1. The molecule has 0 aliphatic heterocycles. The van der Waals surface area contributed by atoms with Gasteiger partial charge in [-0.05, 0) is 54.7 Å². The summed E-state index contributed by atoms with van der Waals surface area (Å²) in [6.45, 7) is -0.461. The molecule has 0 radical (unpaired) electrons. The van der Waals surface area contributed by atoms with Gasteiger partial charge in [-0.15, -0.1) is 0 Å². The van der Waals surface area contributed by atoms with E-state index in [0.29, 0.717) is 29.7 Å². The Morgan fingerprint density at radius 2 is 1.66 bits per heavy atom. The van der Waals surface area contributed by atoms with Crippen LogP contribution in [0.3, 0.4) is 0 Å². The Labute approximate surface area is 165 Å². The summed E-state index contributed by atoms with van der Waals surface area (Å²) < 4.78 is 28.7. The van der Waals surface area contributed by atoms with Crippen LogP contribution in [0.4, 0.5) is 14.5 Å². The maximum atomic E-state index is 13.7. The number of aliphatic hydroxyl groups excluding tert-OH is 2. The number of aliphatic hydroxyl groups is 2. The van der Waals surface area contributed by atoms with E-state index in [1.807, 2.05) is 0 Å². The minimum Gasteiger partial charge on any atom is -0.392 e. The zero-order valence-electron chi connectivity index (χ0n) is 15.5. The van der Waals surface area contributed by atoms with Gasteiger partial charge in [0.25, 0.3) is 5.91 Å². The van der Waals surface area contributed by atoms with Gasteiger partial charge in [0.2, 0.25) is 0 Å². The lowest BCUT2D eigenvalue weighted by Crippen LogP contribution is -2.15. The van der Waals surface area contributed by atoms with E-state index in [1.54, 1.807) is 18.2 Å². The number of halogens is 2. The van der Waals surface area contributed by atoms with Gasteiger partial charge in [0.05, 0.1) is 18.9 Å². The number of rotatable bonds is 5. The van der Waals surface area contributed by atoms with Crippen molar-refractivity contribution >= 4 is 11.6 Å². The normalized spacial score (nSPS) is 12.8. The molecule has 8 heteroatoms. The molecule has 3 N–H and O–H groups in total. The van der Waals surface area contributed by atoms with Gasteiger partial charge in [-0.25, -0.2) is 13.5 Å². The lowest BCUT2D eigenvalue weighted by molar-refractivity contribution is 0.102. The molecule has 0 atom stereocenters.